The second-order valence-electron chi connectivity index (χ2n) is 16.3. The van der Waals surface area contributed by atoms with Crippen LogP contribution < -0.4 is 0 Å². The first kappa shape index (κ1) is 60.5. The molecule has 65 heavy (non-hydrogen) atoms. The van der Waals surface area contributed by atoms with E-state index in [9.17, 15) is 14.4 Å². The highest BCUT2D eigenvalue weighted by molar-refractivity contribution is 5.71. The smallest absolute Gasteiger partial charge is 0.306 e. The number of rotatable bonds is 44. The molecule has 6 nitrogen and oxygen atoms in total. The van der Waals surface area contributed by atoms with E-state index in [0.717, 1.165) is 109 Å². The molecule has 0 radical (unpaired) electrons. The summed E-state index contributed by atoms with van der Waals surface area (Å²) in [7, 11) is 0. The Morgan fingerprint density at radius 3 is 1.02 bits per heavy atom. The number of ether oxygens (including phenoxy) is 3. The lowest BCUT2D eigenvalue weighted by Crippen LogP contribution is -2.30. The number of hydrogen-bond acceptors (Lipinski definition) is 6. The van der Waals surface area contributed by atoms with Crippen molar-refractivity contribution in [1.82, 2.24) is 0 Å². The van der Waals surface area contributed by atoms with Crippen molar-refractivity contribution in [3.8, 4) is 0 Å². The summed E-state index contributed by atoms with van der Waals surface area (Å²) in [6.07, 6.45) is 73.0. The van der Waals surface area contributed by atoms with Gasteiger partial charge >= 0.3 is 17.9 Å². The van der Waals surface area contributed by atoms with Crippen molar-refractivity contribution < 1.29 is 28.6 Å². The lowest BCUT2D eigenvalue weighted by Gasteiger charge is -2.18. The number of unbranched alkanes of at least 4 members (excludes halogenated alkanes) is 11. The van der Waals surface area contributed by atoms with Gasteiger partial charge in [-0.2, -0.15) is 0 Å². The molecule has 0 aliphatic carbocycles. The molecule has 1 atom stereocenters. The van der Waals surface area contributed by atoms with Crippen molar-refractivity contribution in [1.29, 1.82) is 0 Å². The maximum Gasteiger partial charge on any atom is 0.306 e. The van der Waals surface area contributed by atoms with E-state index in [1.54, 1.807) is 0 Å². The fourth-order valence-corrected chi connectivity index (χ4v) is 6.33. The fourth-order valence-electron chi connectivity index (χ4n) is 6.33. The van der Waals surface area contributed by atoms with Gasteiger partial charge in [0.2, 0.25) is 0 Å². The molecule has 0 bridgehead atoms. The first-order chi connectivity index (χ1) is 32.0. The zero-order valence-electron chi connectivity index (χ0n) is 41.4. The molecule has 0 saturated heterocycles. The number of carbonyl (C=O) groups excluding carboxylic acids is 3. The summed E-state index contributed by atoms with van der Waals surface area (Å²) in [5.41, 5.74) is 0. The van der Waals surface area contributed by atoms with Crippen LogP contribution in [0.25, 0.3) is 0 Å². The summed E-state index contributed by atoms with van der Waals surface area (Å²) < 4.78 is 16.7. The van der Waals surface area contributed by atoms with Gasteiger partial charge in [0, 0.05) is 19.3 Å². The average Bonchev–Trinajstić information content (AvgIpc) is 3.30. The molecule has 0 spiro atoms. The Hall–Kier alpha value is -4.45. The zero-order chi connectivity index (χ0) is 47.2. The molecule has 0 aromatic carbocycles. The number of hydrogen-bond donors (Lipinski definition) is 0. The molecule has 0 N–H and O–H groups in total. The molecule has 0 aliphatic heterocycles. The molecule has 1 unspecified atom stereocenters. The van der Waals surface area contributed by atoms with Gasteiger partial charge < -0.3 is 14.2 Å². The van der Waals surface area contributed by atoms with Crippen molar-refractivity contribution in [3.63, 3.8) is 0 Å². The van der Waals surface area contributed by atoms with Crippen molar-refractivity contribution in [2.75, 3.05) is 13.2 Å². The van der Waals surface area contributed by atoms with Crippen molar-refractivity contribution in [2.24, 2.45) is 0 Å². The molecule has 0 rings (SSSR count). The number of esters is 3. The van der Waals surface area contributed by atoms with Gasteiger partial charge in [0.1, 0.15) is 13.2 Å². The van der Waals surface area contributed by atoms with Crippen LogP contribution in [0.1, 0.15) is 201 Å². The third-order valence-corrected chi connectivity index (χ3v) is 10.1. The molecule has 0 fully saturated rings. The van der Waals surface area contributed by atoms with Crippen LogP contribution in [0.4, 0.5) is 0 Å². The van der Waals surface area contributed by atoms with Crippen LogP contribution in [0, 0.1) is 0 Å². The minimum Gasteiger partial charge on any atom is -0.462 e. The SMILES string of the molecule is CC/C=C\C/C=C\C/C=C\C/C=C\C/C=C\CCCC(=O)OCC(COC(=O)CCCCC/C=C\CCCCCCCC)OC(=O)CCC/C=C\C/C=C\C/C=C\C/C=C\C/C=C\CC. The molecule has 0 amide bonds. The van der Waals surface area contributed by atoms with Gasteiger partial charge in [0.05, 0.1) is 0 Å². The van der Waals surface area contributed by atoms with Gasteiger partial charge in [-0.15, -0.1) is 0 Å². The van der Waals surface area contributed by atoms with Crippen LogP contribution in [-0.2, 0) is 28.6 Å². The van der Waals surface area contributed by atoms with Crippen LogP contribution >= 0.6 is 0 Å². The van der Waals surface area contributed by atoms with Crippen LogP contribution in [-0.4, -0.2) is 37.2 Å². The predicted octanol–water partition coefficient (Wildman–Crippen LogP) is 17.1. The second kappa shape index (κ2) is 52.2. The predicted molar refractivity (Wildman–Crippen MR) is 279 cm³/mol. The standard InChI is InChI=1S/C59H92O6/c1-4-7-10-13-16-19-22-25-27-29-31-34-37-40-43-46-49-52-58(61)64-55-56(54-63-57(60)51-48-45-42-39-36-33-24-21-18-15-12-9-6-3)65-59(62)53-50-47-44-41-38-35-32-30-28-26-23-20-17-14-11-8-5-2/h7-8,10-11,16-17,19-20,25-28,31-36,40-41,43-44,56H,4-6,9,12-15,18,21-24,29-30,37-39,42,45-55H2,1-3H3/b10-7-,11-8-,19-16-,20-17-,27-25-,28-26-,34-31-,35-32-,36-33-,43-40-,44-41-. The number of allylic oxidation sites excluding steroid dienone is 22. The summed E-state index contributed by atoms with van der Waals surface area (Å²) in [6.45, 7) is 6.27. The van der Waals surface area contributed by atoms with Gasteiger partial charge in [0.25, 0.3) is 0 Å². The molecular formula is C59H92O6. The van der Waals surface area contributed by atoms with Crippen molar-refractivity contribution in [2.45, 2.75) is 207 Å². The maximum absolute atomic E-state index is 12.8. The Kier molecular flexibility index (Phi) is 48.6. The lowest BCUT2D eigenvalue weighted by atomic mass is 10.1. The van der Waals surface area contributed by atoms with Gasteiger partial charge in [-0.1, -0.05) is 193 Å². The second-order valence-corrected chi connectivity index (χ2v) is 16.3. The lowest BCUT2D eigenvalue weighted by molar-refractivity contribution is -0.167. The van der Waals surface area contributed by atoms with E-state index < -0.39 is 12.1 Å². The summed E-state index contributed by atoms with van der Waals surface area (Å²) in [5.74, 6) is -1.08. The highest BCUT2D eigenvalue weighted by atomic mass is 16.6. The van der Waals surface area contributed by atoms with E-state index in [1.807, 2.05) is 0 Å². The normalized spacial score (nSPS) is 13.2. The van der Waals surface area contributed by atoms with Crippen LogP contribution in [0.3, 0.4) is 0 Å². The van der Waals surface area contributed by atoms with Crippen LogP contribution in [0.5, 0.6) is 0 Å². The zero-order valence-corrected chi connectivity index (χ0v) is 41.4. The molecule has 0 aromatic heterocycles. The van der Waals surface area contributed by atoms with Gasteiger partial charge in [0.15, 0.2) is 6.10 Å². The topological polar surface area (TPSA) is 78.9 Å². The maximum atomic E-state index is 12.8. The molecular weight excluding hydrogens is 805 g/mol. The van der Waals surface area contributed by atoms with E-state index in [4.69, 9.17) is 14.2 Å². The van der Waals surface area contributed by atoms with E-state index in [-0.39, 0.29) is 38.0 Å². The minimum absolute atomic E-state index is 0.131. The van der Waals surface area contributed by atoms with Crippen molar-refractivity contribution in [3.05, 3.63) is 134 Å². The van der Waals surface area contributed by atoms with E-state index in [2.05, 4.69) is 154 Å². The van der Waals surface area contributed by atoms with Crippen LogP contribution in [0.15, 0.2) is 134 Å². The third kappa shape index (κ3) is 50.4. The average molecular weight is 897 g/mol. The Morgan fingerprint density at radius 1 is 0.323 bits per heavy atom. The molecule has 0 saturated carbocycles. The highest BCUT2D eigenvalue weighted by Gasteiger charge is 2.19. The fraction of sp³-hybridized carbons (Fsp3) is 0.576. The van der Waals surface area contributed by atoms with E-state index in [0.29, 0.717) is 19.3 Å². The van der Waals surface area contributed by atoms with E-state index >= 15 is 0 Å². The largest absolute Gasteiger partial charge is 0.462 e. The van der Waals surface area contributed by atoms with Crippen molar-refractivity contribution >= 4 is 17.9 Å². The van der Waals surface area contributed by atoms with Gasteiger partial charge in [-0.3, -0.25) is 14.4 Å². The summed E-state index contributed by atoms with van der Waals surface area (Å²) >= 11 is 0. The molecule has 364 valence electrons. The Morgan fingerprint density at radius 2 is 0.615 bits per heavy atom. The Balaban J connectivity index is 4.62. The quantitative estimate of drug-likeness (QED) is 0.0262. The minimum atomic E-state index is -0.841. The van der Waals surface area contributed by atoms with E-state index in [1.165, 1.54) is 38.5 Å². The molecule has 0 aliphatic rings. The first-order valence-electron chi connectivity index (χ1n) is 25.7. The highest BCUT2D eigenvalue weighted by Crippen LogP contribution is 2.11. The summed E-state index contributed by atoms with van der Waals surface area (Å²) in [6, 6.07) is 0. The Bertz CT molecular complexity index is 1450. The molecule has 0 aromatic rings. The summed E-state index contributed by atoms with van der Waals surface area (Å²) in [5, 5.41) is 0. The van der Waals surface area contributed by atoms with Crippen LogP contribution in [0.2, 0.25) is 0 Å². The Labute approximate surface area is 398 Å². The molecule has 6 heteroatoms. The number of carbonyl (C=O) groups is 3. The van der Waals surface area contributed by atoms with Gasteiger partial charge in [-0.05, 0) is 122 Å². The summed E-state index contributed by atoms with van der Waals surface area (Å²) in [4.78, 5) is 37.9. The first-order valence-corrected chi connectivity index (χ1v) is 25.7. The third-order valence-electron chi connectivity index (χ3n) is 10.1. The monoisotopic (exact) mass is 897 g/mol. The molecule has 0 heterocycles. The van der Waals surface area contributed by atoms with Gasteiger partial charge in [-0.25, -0.2) is 0 Å².